The van der Waals surface area contributed by atoms with E-state index in [9.17, 15) is 4.79 Å². The minimum absolute atomic E-state index is 0.233. The largest absolute Gasteiger partial charge is 0.296 e. The molecule has 20 heavy (non-hydrogen) atoms. The van der Waals surface area contributed by atoms with Gasteiger partial charge in [0.1, 0.15) is 5.01 Å². The fourth-order valence-corrected chi connectivity index (χ4v) is 2.24. The zero-order valence-corrected chi connectivity index (χ0v) is 11.3. The lowest BCUT2D eigenvalue weighted by Gasteiger charge is -2.04. The summed E-state index contributed by atoms with van der Waals surface area (Å²) in [6.07, 6.45) is 3.29. The first-order chi connectivity index (χ1) is 9.72. The number of nitrogens with zero attached hydrogens (tertiary/aromatic N) is 5. The quantitative estimate of drug-likeness (QED) is 0.791. The van der Waals surface area contributed by atoms with Crippen LogP contribution in [0.25, 0.3) is 5.69 Å². The summed E-state index contributed by atoms with van der Waals surface area (Å²) in [6, 6.07) is 7.10. The molecule has 1 amide bonds. The predicted octanol–water partition coefficient (Wildman–Crippen LogP) is 1.68. The molecule has 0 fully saturated rings. The molecule has 0 aliphatic carbocycles. The highest BCUT2D eigenvalue weighted by Gasteiger charge is 2.10. The molecular weight excluding hydrogens is 276 g/mol. The molecule has 3 aromatic rings. The Kier molecular flexibility index (Phi) is 3.21. The Labute approximate surface area is 118 Å². The van der Waals surface area contributed by atoms with E-state index in [-0.39, 0.29) is 5.91 Å². The van der Waals surface area contributed by atoms with Gasteiger partial charge >= 0.3 is 0 Å². The van der Waals surface area contributed by atoms with Crippen LogP contribution < -0.4 is 5.32 Å². The van der Waals surface area contributed by atoms with Crippen LogP contribution in [0.2, 0.25) is 0 Å². The number of aromatic nitrogens is 5. The van der Waals surface area contributed by atoms with Gasteiger partial charge in [0, 0.05) is 5.56 Å². The first-order valence-electron chi connectivity index (χ1n) is 5.80. The van der Waals surface area contributed by atoms with Crippen molar-refractivity contribution < 1.29 is 4.79 Å². The summed E-state index contributed by atoms with van der Waals surface area (Å²) < 4.78 is 1.59. The van der Waals surface area contributed by atoms with Crippen LogP contribution in [0.1, 0.15) is 15.4 Å². The lowest BCUT2D eigenvalue weighted by Crippen LogP contribution is -2.12. The van der Waals surface area contributed by atoms with Gasteiger partial charge in [-0.25, -0.2) is 4.68 Å². The maximum Gasteiger partial charge on any atom is 0.257 e. The summed E-state index contributed by atoms with van der Waals surface area (Å²) in [6.45, 7) is 1.83. The molecule has 0 aliphatic rings. The molecule has 0 aliphatic heterocycles. The van der Waals surface area contributed by atoms with Gasteiger partial charge in [0.2, 0.25) is 5.13 Å². The molecule has 0 bridgehead atoms. The molecule has 0 spiro atoms. The third-order valence-electron chi connectivity index (χ3n) is 2.54. The third kappa shape index (κ3) is 2.54. The zero-order valence-electron chi connectivity index (χ0n) is 10.5. The van der Waals surface area contributed by atoms with Crippen molar-refractivity contribution in [3.05, 3.63) is 47.2 Å². The van der Waals surface area contributed by atoms with Crippen LogP contribution in [-0.2, 0) is 0 Å². The Morgan fingerprint density at radius 1 is 1.35 bits per heavy atom. The number of aryl methyl sites for hydroxylation is 1. The number of carbonyl (C=O) groups excluding carboxylic acids is 1. The zero-order chi connectivity index (χ0) is 13.9. The minimum Gasteiger partial charge on any atom is -0.296 e. The molecule has 1 aromatic carbocycles. The SMILES string of the molecule is Cc1nnc(NC(=O)c2cccc(-n3ccnn3)c2)s1. The van der Waals surface area contributed by atoms with Crippen LogP contribution >= 0.6 is 11.3 Å². The molecular formula is C12H10N6OS. The molecule has 0 saturated heterocycles. The minimum atomic E-state index is -0.233. The first-order valence-corrected chi connectivity index (χ1v) is 6.62. The van der Waals surface area contributed by atoms with E-state index in [1.165, 1.54) is 11.3 Å². The standard InChI is InChI=1S/C12H10N6OS/c1-8-15-16-12(20-8)14-11(19)9-3-2-4-10(7-9)18-6-5-13-17-18/h2-7H,1H3,(H,14,16,19). The van der Waals surface area contributed by atoms with Crippen molar-refractivity contribution in [3.8, 4) is 5.69 Å². The van der Waals surface area contributed by atoms with Crippen molar-refractivity contribution in [2.24, 2.45) is 0 Å². The molecule has 0 unspecified atom stereocenters. The van der Waals surface area contributed by atoms with Crippen LogP contribution in [0, 0.1) is 6.92 Å². The van der Waals surface area contributed by atoms with E-state index in [1.807, 2.05) is 13.0 Å². The van der Waals surface area contributed by atoms with E-state index in [0.717, 1.165) is 10.7 Å². The second-order valence-electron chi connectivity index (χ2n) is 3.98. The van der Waals surface area contributed by atoms with Gasteiger partial charge in [-0.05, 0) is 25.1 Å². The van der Waals surface area contributed by atoms with Gasteiger partial charge in [-0.2, -0.15) is 0 Å². The normalized spacial score (nSPS) is 10.4. The van der Waals surface area contributed by atoms with Crippen molar-refractivity contribution in [2.45, 2.75) is 6.92 Å². The number of hydrogen-bond acceptors (Lipinski definition) is 6. The number of nitrogens with one attached hydrogen (secondary N) is 1. The van der Waals surface area contributed by atoms with Crippen LogP contribution in [0.4, 0.5) is 5.13 Å². The lowest BCUT2D eigenvalue weighted by molar-refractivity contribution is 0.102. The van der Waals surface area contributed by atoms with Crippen molar-refractivity contribution in [2.75, 3.05) is 5.32 Å². The predicted molar refractivity (Wildman–Crippen MR) is 74.0 cm³/mol. The number of hydrogen-bond donors (Lipinski definition) is 1. The summed E-state index contributed by atoms with van der Waals surface area (Å²) in [7, 11) is 0. The maximum absolute atomic E-state index is 12.1. The smallest absolute Gasteiger partial charge is 0.257 e. The summed E-state index contributed by atoms with van der Waals surface area (Å²) in [5, 5.41) is 19.3. The molecule has 0 saturated carbocycles. The van der Waals surface area contributed by atoms with Gasteiger partial charge in [0.25, 0.3) is 5.91 Å². The molecule has 0 atom stereocenters. The second-order valence-corrected chi connectivity index (χ2v) is 5.16. The first kappa shape index (κ1) is 12.4. The Morgan fingerprint density at radius 2 is 2.25 bits per heavy atom. The highest BCUT2D eigenvalue weighted by molar-refractivity contribution is 7.15. The van der Waals surface area contributed by atoms with Gasteiger partial charge in [0.05, 0.1) is 18.1 Å². The summed E-state index contributed by atoms with van der Waals surface area (Å²) in [5.41, 5.74) is 1.29. The van der Waals surface area contributed by atoms with E-state index in [4.69, 9.17) is 0 Å². The maximum atomic E-state index is 12.1. The van der Waals surface area contributed by atoms with Crippen LogP contribution in [0.5, 0.6) is 0 Å². The Balaban J connectivity index is 1.83. The van der Waals surface area contributed by atoms with Gasteiger partial charge in [-0.3, -0.25) is 10.1 Å². The summed E-state index contributed by atoms with van der Waals surface area (Å²) >= 11 is 1.33. The van der Waals surface area contributed by atoms with Gasteiger partial charge in [-0.1, -0.05) is 22.6 Å². The number of rotatable bonds is 3. The molecule has 100 valence electrons. The monoisotopic (exact) mass is 286 g/mol. The fourth-order valence-electron chi connectivity index (χ4n) is 1.65. The van der Waals surface area contributed by atoms with Gasteiger partial charge in [-0.15, -0.1) is 15.3 Å². The molecule has 8 heteroatoms. The number of amides is 1. The Bertz CT molecular complexity index is 736. The summed E-state index contributed by atoms with van der Waals surface area (Å²) in [4.78, 5) is 12.1. The van der Waals surface area contributed by atoms with Crippen LogP contribution in [0.15, 0.2) is 36.7 Å². The number of carbonyl (C=O) groups is 1. The van der Waals surface area contributed by atoms with Crippen molar-refractivity contribution in [1.29, 1.82) is 0 Å². The number of benzene rings is 1. The molecule has 3 rings (SSSR count). The van der Waals surface area contributed by atoms with Gasteiger partial charge in [0.15, 0.2) is 0 Å². The van der Waals surface area contributed by atoms with Crippen molar-refractivity contribution in [3.63, 3.8) is 0 Å². The average molecular weight is 286 g/mol. The summed E-state index contributed by atoms with van der Waals surface area (Å²) in [5.74, 6) is -0.233. The highest BCUT2D eigenvalue weighted by Crippen LogP contribution is 2.16. The molecule has 2 aromatic heterocycles. The molecule has 7 nitrogen and oxygen atoms in total. The van der Waals surface area contributed by atoms with E-state index in [1.54, 1.807) is 35.3 Å². The Morgan fingerprint density at radius 3 is 2.95 bits per heavy atom. The fraction of sp³-hybridized carbons (Fsp3) is 0.0833. The van der Waals surface area contributed by atoms with Crippen LogP contribution in [-0.4, -0.2) is 31.1 Å². The topological polar surface area (TPSA) is 85.6 Å². The average Bonchev–Trinajstić information content (AvgIpc) is 3.11. The Hall–Kier alpha value is -2.61. The third-order valence-corrected chi connectivity index (χ3v) is 3.30. The van der Waals surface area contributed by atoms with Crippen molar-refractivity contribution in [1.82, 2.24) is 25.2 Å². The second kappa shape index (κ2) is 5.17. The number of anilines is 1. The van der Waals surface area contributed by atoms with E-state index < -0.39 is 0 Å². The van der Waals surface area contributed by atoms with Crippen molar-refractivity contribution >= 4 is 22.4 Å². The molecule has 0 radical (unpaired) electrons. The lowest BCUT2D eigenvalue weighted by atomic mass is 10.2. The van der Waals surface area contributed by atoms with Gasteiger partial charge < -0.3 is 0 Å². The highest BCUT2D eigenvalue weighted by atomic mass is 32.1. The van der Waals surface area contributed by atoms with E-state index in [2.05, 4.69) is 25.8 Å². The molecule has 1 N–H and O–H groups in total. The van der Waals surface area contributed by atoms with E-state index in [0.29, 0.717) is 10.7 Å². The molecule has 2 heterocycles. The van der Waals surface area contributed by atoms with Crippen LogP contribution in [0.3, 0.4) is 0 Å². The van der Waals surface area contributed by atoms with E-state index >= 15 is 0 Å².